The first-order valence-electron chi connectivity index (χ1n) is 9.89. The van der Waals surface area contributed by atoms with Gasteiger partial charge in [-0.25, -0.2) is 0 Å². The molecule has 132 valence electrons. The van der Waals surface area contributed by atoms with Crippen LogP contribution in [0.25, 0.3) is 11.0 Å². The molecule has 0 saturated heterocycles. The fraction of sp³-hybridized carbons (Fsp3) is 0.619. The molecule has 0 bridgehead atoms. The Morgan fingerprint density at radius 2 is 1.42 bits per heavy atom. The van der Waals surface area contributed by atoms with E-state index in [1.807, 2.05) is 13.1 Å². The van der Waals surface area contributed by atoms with Crippen LogP contribution in [-0.4, -0.2) is 28.3 Å². The Hall–Kier alpha value is -0.641. The van der Waals surface area contributed by atoms with Crippen molar-refractivity contribution in [2.24, 2.45) is 0 Å². The van der Waals surface area contributed by atoms with Crippen LogP contribution >= 0.6 is 0 Å². The van der Waals surface area contributed by atoms with Crippen LogP contribution in [0.2, 0.25) is 13.3 Å². The number of unbranched alkanes of at least 4 members (excludes halogenated alkanes) is 3. The van der Waals surface area contributed by atoms with Crippen LogP contribution in [0.3, 0.4) is 0 Å². The zero-order valence-corrected chi connectivity index (χ0v) is 18.9. The van der Waals surface area contributed by atoms with E-state index in [0.717, 1.165) is 16.7 Å². The number of aryl methyl sites for hydroxylation is 1. The van der Waals surface area contributed by atoms with Gasteiger partial charge in [-0.2, -0.15) is 0 Å². The summed E-state index contributed by atoms with van der Waals surface area (Å²) in [5.74, 6) is 0. The van der Waals surface area contributed by atoms with Crippen LogP contribution in [0.5, 0.6) is 0 Å². The summed E-state index contributed by atoms with van der Waals surface area (Å²) in [4.78, 5) is 9.31. The summed E-state index contributed by atoms with van der Waals surface area (Å²) in [5, 5.41) is 0. The van der Waals surface area contributed by atoms with E-state index in [0.29, 0.717) is 0 Å². The molecule has 0 aliphatic rings. The molecule has 1 aromatic carbocycles. The Balaban J connectivity index is 2.43. The van der Waals surface area contributed by atoms with Crippen molar-refractivity contribution in [3.05, 3.63) is 30.1 Å². The van der Waals surface area contributed by atoms with Crippen molar-refractivity contribution >= 4 is 33.0 Å². The molecule has 24 heavy (non-hydrogen) atoms. The average molecular weight is 433 g/mol. The van der Waals surface area contributed by atoms with E-state index in [1.165, 1.54) is 51.8 Å². The SMILES string of the molecule is CCC[CH2][Sn]([CH2]CCC)([CH2]CCC)[c]1ccc2nc(C)cnc2c1. The van der Waals surface area contributed by atoms with Crippen LogP contribution in [0.4, 0.5) is 0 Å². The molecule has 0 saturated carbocycles. The first-order chi connectivity index (χ1) is 11.6. The van der Waals surface area contributed by atoms with Crippen molar-refractivity contribution in [3.63, 3.8) is 0 Å². The molecule has 0 spiro atoms. The van der Waals surface area contributed by atoms with Gasteiger partial charge in [-0.3, -0.25) is 0 Å². The van der Waals surface area contributed by atoms with Crippen LogP contribution in [0.15, 0.2) is 24.4 Å². The molecule has 0 N–H and O–H groups in total. The van der Waals surface area contributed by atoms with Crippen molar-refractivity contribution in [3.8, 4) is 0 Å². The molecular weight excluding hydrogens is 399 g/mol. The third-order valence-corrected chi connectivity index (χ3v) is 20.9. The van der Waals surface area contributed by atoms with E-state index in [1.54, 1.807) is 3.58 Å². The van der Waals surface area contributed by atoms with E-state index in [2.05, 4.69) is 48.9 Å². The van der Waals surface area contributed by atoms with Crippen molar-refractivity contribution in [1.29, 1.82) is 0 Å². The maximum atomic E-state index is 4.67. The van der Waals surface area contributed by atoms with Gasteiger partial charge in [-0.05, 0) is 0 Å². The summed E-state index contributed by atoms with van der Waals surface area (Å²) < 4.78 is 6.23. The van der Waals surface area contributed by atoms with Gasteiger partial charge in [0.25, 0.3) is 0 Å². The zero-order valence-electron chi connectivity index (χ0n) is 16.1. The molecule has 2 rings (SSSR count). The number of aromatic nitrogens is 2. The second-order valence-corrected chi connectivity index (χ2v) is 20.5. The molecule has 3 heteroatoms. The second kappa shape index (κ2) is 9.74. The first-order valence-corrected chi connectivity index (χ1v) is 17.4. The predicted molar refractivity (Wildman–Crippen MR) is 109 cm³/mol. The van der Waals surface area contributed by atoms with Gasteiger partial charge in [0.05, 0.1) is 0 Å². The van der Waals surface area contributed by atoms with Crippen molar-refractivity contribution in [1.82, 2.24) is 9.97 Å². The van der Waals surface area contributed by atoms with Gasteiger partial charge >= 0.3 is 153 Å². The number of rotatable bonds is 10. The second-order valence-electron chi connectivity index (χ2n) is 7.31. The molecule has 1 aromatic heterocycles. The minimum atomic E-state index is -2.33. The van der Waals surface area contributed by atoms with Crippen LogP contribution in [0, 0.1) is 6.92 Å². The molecule has 2 aromatic rings. The standard InChI is InChI=1S/C9H7N2.3C4H9.Sn/c1-7-6-10-8-4-2-3-5-9(8)11-7;3*1-3-4-2;/h3-6H,1H3;3*1,3-4H2,2H3;. The normalized spacial score (nSPS) is 12.0. The monoisotopic (exact) mass is 434 g/mol. The molecule has 0 amide bonds. The van der Waals surface area contributed by atoms with E-state index in [9.17, 15) is 0 Å². The molecule has 2 nitrogen and oxygen atoms in total. The number of fused-ring (bicyclic) bond motifs is 1. The fourth-order valence-corrected chi connectivity index (χ4v) is 19.7. The quantitative estimate of drug-likeness (QED) is 0.430. The first kappa shape index (κ1) is 19.7. The van der Waals surface area contributed by atoms with Gasteiger partial charge in [0.15, 0.2) is 0 Å². The van der Waals surface area contributed by atoms with Crippen molar-refractivity contribution < 1.29 is 0 Å². The summed E-state index contributed by atoms with van der Waals surface area (Å²) in [6.45, 7) is 9.04. The Morgan fingerprint density at radius 3 is 1.96 bits per heavy atom. The topological polar surface area (TPSA) is 25.8 Å². The Bertz CT molecular complexity index is 617. The average Bonchev–Trinajstić information content (AvgIpc) is 2.61. The number of nitrogens with zero attached hydrogens (tertiary/aromatic N) is 2. The van der Waals surface area contributed by atoms with Gasteiger partial charge < -0.3 is 0 Å². The molecule has 0 aliphatic carbocycles. The Labute approximate surface area is 152 Å². The maximum absolute atomic E-state index is 4.67. The zero-order chi connectivity index (χ0) is 17.4. The molecule has 1 heterocycles. The van der Waals surface area contributed by atoms with E-state index < -0.39 is 18.4 Å². The molecular formula is C21H34N2Sn. The van der Waals surface area contributed by atoms with E-state index >= 15 is 0 Å². The van der Waals surface area contributed by atoms with Gasteiger partial charge in [-0.1, -0.05) is 0 Å². The molecule has 0 atom stereocenters. The van der Waals surface area contributed by atoms with Crippen LogP contribution < -0.4 is 3.58 Å². The fourth-order valence-electron chi connectivity index (χ4n) is 3.79. The van der Waals surface area contributed by atoms with Gasteiger partial charge in [0, 0.05) is 0 Å². The third-order valence-electron chi connectivity index (χ3n) is 5.30. The molecule has 0 aliphatic heterocycles. The van der Waals surface area contributed by atoms with Gasteiger partial charge in [0.2, 0.25) is 0 Å². The predicted octanol–water partition coefficient (Wildman–Crippen LogP) is 5.99. The Kier molecular flexibility index (Phi) is 7.99. The van der Waals surface area contributed by atoms with Crippen molar-refractivity contribution in [2.75, 3.05) is 0 Å². The third kappa shape index (κ3) is 4.93. The summed E-state index contributed by atoms with van der Waals surface area (Å²) in [7, 11) is 0. The number of hydrogen-bond acceptors (Lipinski definition) is 2. The Morgan fingerprint density at radius 1 is 0.833 bits per heavy atom. The minimum absolute atomic E-state index is 1.01. The number of benzene rings is 1. The number of hydrogen-bond donors (Lipinski definition) is 0. The molecule has 0 radical (unpaired) electrons. The van der Waals surface area contributed by atoms with E-state index in [4.69, 9.17) is 0 Å². The summed E-state index contributed by atoms with van der Waals surface area (Å²) in [5.41, 5.74) is 3.16. The van der Waals surface area contributed by atoms with Crippen molar-refractivity contribution in [2.45, 2.75) is 79.5 Å². The summed E-state index contributed by atoms with van der Waals surface area (Å²) >= 11 is -2.33. The van der Waals surface area contributed by atoms with Crippen LogP contribution in [-0.2, 0) is 0 Å². The molecule has 0 unspecified atom stereocenters. The van der Waals surface area contributed by atoms with Gasteiger partial charge in [-0.15, -0.1) is 0 Å². The van der Waals surface area contributed by atoms with E-state index in [-0.39, 0.29) is 0 Å². The molecule has 0 fully saturated rings. The van der Waals surface area contributed by atoms with Crippen LogP contribution in [0.1, 0.15) is 65.0 Å². The van der Waals surface area contributed by atoms with Gasteiger partial charge in [0.1, 0.15) is 0 Å². The summed E-state index contributed by atoms with van der Waals surface area (Å²) in [6, 6.07) is 7.08. The summed E-state index contributed by atoms with van der Waals surface area (Å²) in [6.07, 6.45) is 10.1.